The predicted octanol–water partition coefficient (Wildman–Crippen LogP) is 0.768. The summed E-state index contributed by atoms with van der Waals surface area (Å²) in [6.07, 6.45) is 5.00. The minimum absolute atomic E-state index is 0.370. The van der Waals surface area contributed by atoms with Gasteiger partial charge >= 0.3 is 0 Å². The molecule has 3 heterocycles. The van der Waals surface area contributed by atoms with Crippen molar-refractivity contribution in [2.24, 2.45) is 0 Å². The maximum absolute atomic E-state index is 5.80. The summed E-state index contributed by atoms with van der Waals surface area (Å²) in [6, 6.07) is 5.46. The first-order valence-electron chi connectivity index (χ1n) is 4.72. The molecule has 0 bridgehead atoms. The summed E-state index contributed by atoms with van der Waals surface area (Å²) in [4.78, 5) is 7.96. The summed E-state index contributed by atoms with van der Waals surface area (Å²) < 4.78 is 1.70. The van der Waals surface area contributed by atoms with Crippen LogP contribution in [0.1, 0.15) is 0 Å². The van der Waals surface area contributed by atoms with Crippen molar-refractivity contribution in [2.45, 2.75) is 0 Å². The second kappa shape index (κ2) is 3.27. The predicted molar refractivity (Wildman–Crippen MR) is 58.4 cm³/mol. The molecule has 3 aromatic heterocycles. The molecule has 6 nitrogen and oxygen atoms in total. The highest BCUT2D eigenvalue weighted by Gasteiger charge is 2.09. The third kappa shape index (κ3) is 1.20. The number of hydrogen-bond donors (Lipinski definition) is 1. The Bertz CT molecular complexity index is 630. The van der Waals surface area contributed by atoms with E-state index in [0.717, 1.165) is 5.56 Å². The largest absolute Gasteiger partial charge is 0.369 e. The van der Waals surface area contributed by atoms with E-state index in [0.29, 0.717) is 17.4 Å². The first-order chi connectivity index (χ1) is 7.86. The van der Waals surface area contributed by atoms with Gasteiger partial charge in [-0.2, -0.15) is 0 Å². The maximum Gasteiger partial charge on any atom is 0.207 e. The van der Waals surface area contributed by atoms with Crippen LogP contribution >= 0.6 is 0 Å². The topological polar surface area (TPSA) is 82.0 Å². The van der Waals surface area contributed by atoms with Gasteiger partial charge in [-0.05, 0) is 12.1 Å². The molecule has 6 heteroatoms. The molecule has 0 radical (unpaired) electrons. The van der Waals surface area contributed by atoms with Gasteiger partial charge in [0, 0.05) is 30.2 Å². The Morgan fingerprint density at radius 3 is 2.62 bits per heavy atom. The Hall–Kier alpha value is -2.50. The van der Waals surface area contributed by atoms with Gasteiger partial charge in [-0.1, -0.05) is 0 Å². The lowest BCUT2D eigenvalue weighted by Crippen LogP contribution is -2.01. The van der Waals surface area contributed by atoms with E-state index in [1.54, 1.807) is 29.1 Å². The zero-order valence-corrected chi connectivity index (χ0v) is 8.28. The van der Waals surface area contributed by atoms with Crippen molar-refractivity contribution < 1.29 is 0 Å². The van der Waals surface area contributed by atoms with Crippen LogP contribution in [0.15, 0.2) is 36.8 Å². The van der Waals surface area contributed by atoms with Crippen LogP contribution in [0.2, 0.25) is 0 Å². The lowest BCUT2D eigenvalue weighted by molar-refractivity contribution is 1.09. The zero-order chi connectivity index (χ0) is 11.0. The van der Waals surface area contributed by atoms with Gasteiger partial charge in [0.05, 0.1) is 0 Å². The number of rotatable bonds is 1. The van der Waals surface area contributed by atoms with Crippen molar-refractivity contribution in [1.29, 1.82) is 0 Å². The van der Waals surface area contributed by atoms with Gasteiger partial charge < -0.3 is 5.73 Å². The van der Waals surface area contributed by atoms with Gasteiger partial charge in [-0.25, -0.2) is 9.38 Å². The van der Waals surface area contributed by atoms with Gasteiger partial charge in [-0.15, -0.1) is 10.2 Å². The third-order valence-electron chi connectivity index (χ3n) is 2.29. The molecule has 0 aliphatic rings. The molecular weight excluding hydrogens is 204 g/mol. The maximum atomic E-state index is 5.80. The van der Waals surface area contributed by atoms with E-state index >= 15 is 0 Å². The number of nitrogens with zero attached hydrogens (tertiary/aromatic N) is 5. The molecule has 0 aromatic carbocycles. The first kappa shape index (κ1) is 8.78. The fourth-order valence-electron chi connectivity index (χ4n) is 1.56. The monoisotopic (exact) mass is 212 g/mol. The molecule has 78 valence electrons. The molecule has 0 saturated heterocycles. The van der Waals surface area contributed by atoms with Crippen LogP contribution in [-0.4, -0.2) is 24.6 Å². The summed E-state index contributed by atoms with van der Waals surface area (Å²) in [6.45, 7) is 0. The quantitative estimate of drug-likeness (QED) is 0.644. The molecule has 2 N–H and O–H groups in total. The highest BCUT2D eigenvalue weighted by atomic mass is 15.3. The Kier molecular flexibility index (Phi) is 1.79. The number of aromatic nitrogens is 5. The number of nitrogens with two attached hydrogens (primary N) is 1. The molecule has 0 spiro atoms. The fraction of sp³-hybridized carbons (Fsp3) is 0. The molecule has 3 aromatic rings. The summed E-state index contributed by atoms with van der Waals surface area (Å²) in [5, 5.41) is 8.12. The average molecular weight is 212 g/mol. The number of pyridine rings is 1. The number of nitrogen functional groups attached to an aromatic ring is 1. The van der Waals surface area contributed by atoms with E-state index in [2.05, 4.69) is 20.2 Å². The third-order valence-corrected chi connectivity index (χ3v) is 2.29. The summed E-state index contributed by atoms with van der Waals surface area (Å²) in [5.41, 5.74) is 7.38. The Balaban J connectivity index is 2.33. The minimum atomic E-state index is 0.370. The lowest BCUT2D eigenvalue weighted by Gasteiger charge is -2.01. The zero-order valence-electron chi connectivity index (χ0n) is 8.28. The second-order valence-corrected chi connectivity index (χ2v) is 3.26. The highest BCUT2D eigenvalue weighted by Crippen LogP contribution is 2.18. The van der Waals surface area contributed by atoms with E-state index in [9.17, 15) is 0 Å². The molecule has 0 fully saturated rings. The molecular formula is C10H8N6. The van der Waals surface area contributed by atoms with Crippen molar-refractivity contribution in [3.8, 4) is 11.4 Å². The summed E-state index contributed by atoms with van der Waals surface area (Å²) >= 11 is 0. The van der Waals surface area contributed by atoms with Crippen molar-refractivity contribution in [1.82, 2.24) is 24.6 Å². The van der Waals surface area contributed by atoms with Crippen molar-refractivity contribution in [2.75, 3.05) is 5.73 Å². The molecule has 0 unspecified atom stereocenters. The van der Waals surface area contributed by atoms with Gasteiger partial charge in [0.15, 0.2) is 11.5 Å². The van der Waals surface area contributed by atoms with Crippen LogP contribution in [0.25, 0.3) is 17.0 Å². The lowest BCUT2D eigenvalue weighted by atomic mass is 10.2. The molecule has 0 saturated carbocycles. The Labute approximate surface area is 90.8 Å². The standard InChI is InChI=1S/C10H8N6/c11-10-13-6-3-8-14-15-9(16(8)10)7-1-4-12-5-2-7/h1-6H,(H2,11,13). The van der Waals surface area contributed by atoms with E-state index < -0.39 is 0 Å². The number of fused-ring (bicyclic) bond motifs is 1. The van der Waals surface area contributed by atoms with E-state index in [1.807, 2.05) is 12.1 Å². The van der Waals surface area contributed by atoms with Crippen LogP contribution in [0.5, 0.6) is 0 Å². The van der Waals surface area contributed by atoms with Gasteiger partial charge in [0.2, 0.25) is 5.95 Å². The van der Waals surface area contributed by atoms with Crippen LogP contribution in [-0.2, 0) is 0 Å². The molecule has 0 amide bonds. The van der Waals surface area contributed by atoms with Crippen LogP contribution in [0, 0.1) is 0 Å². The average Bonchev–Trinajstić information content (AvgIpc) is 2.75. The summed E-state index contributed by atoms with van der Waals surface area (Å²) in [5.74, 6) is 1.04. The van der Waals surface area contributed by atoms with Gasteiger partial charge in [0.1, 0.15) is 0 Å². The summed E-state index contributed by atoms with van der Waals surface area (Å²) in [7, 11) is 0. The van der Waals surface area contributed by atoms with E-state index in [-0.39, 0.29) is 0 Å². The molecule has 0 aliphatic heterocycles. The van der Waals surface area contributed by atoms with Gasteiger partial charge in [0.25, 0.3) is 0 Å². The number of anilines is 1. The first-order valence-corrected chi connectivity index (χ1v) is 4.72. The molecule has 3 rings (SSSR count). The van der Waals surface area contributed by atoms with E-state index in [1.165, 1.54) is 0 Å². The van der Waals surface area contributed by atoms with Crippen LogP contribution < -0.4 is 5.73 Å². The highest BCUT2D eigenvalue weighted by molar-refractivity contribution is 5.60. The molecule has 16 heavy (non-hydrogen) atoms. The van der Waals surface area contributed by atoms with E-state index in [4.69, 9.17) is 5.73 Å². The fourth-order valence-corrected chi connectivity index (χ4v) is 1.56. The smallest absolute Gasteiger partial charge is 0.207 e. The SMILES string of the molecule is Nc1nccc2nnc(-c3ccncc3)n12. The van der Waals surface area contributed by atoms with Crippen molar-refractivity contribution in [3.63, 3.8) is 0 Å². The normalized spacial score (nSPS) is 10.8. The minimum Gasteiger partial charge on any atom is -0.369 e. The van der Waals surface area contributed by atoms with Gasteiger partial charge in [-0.3, -0.25) is 4.98 Å². The molecule has 0 atom stereocenters. The Morgan fingerprint density at radius 1 is 1.00 bits per heavy atom. The number of hydrogen-bond acceptors (Lipinski definition) is 5. The molecule has 0 aliphatic carbocycles. The second-order valence-electron chi connectivity index (χ2n) is 3.26. The Morgan fingerprint density at radius 2 is 1.81 bits per heavy atom. The van der Waals surface area contributed by atoms with Crippen LogP contribution in [0.3, 0.4) is 0 Å². The van der Waals surface area contributed by atoms with Crippen molar-refractivity contribution in [3.05, 3.63) is 36.8 Å². The van der Waals surface area contributed by atoms with Crippen LogP contribution in [0.4, 0.5) is 5.95 Å². The van der Waals surface area contributed by atoms with Crippen molar-refractivity contribution >= 4 is 11.6 Å².